The van der Waals surface area contributed by atoms with E-state index in [-0.39, 0.29) is 11.9 Å². The van der Waals surface area contributed by atoms with E-state index in [0.717, 1.165) is 49.7 Å². The van der Waals surface area contributed by atoms with Crippen LogP contribution in [0.3, 0.4) is 0 Å². The number of ether oxygens (including phenoxy) is 1. The summed E-state index contributed by atoms with van der Waals surface area (Å²) in [5.41, 5.74) is 2.41. The number of nitrogens with zero attached hydrogens (tertiary/aromatic N) is 2. The molecule has 2 aromatic rings. The number of hydrogen-bond acceptors (Lipinski definition) is 5. The second kappa shape index (κ2) is 10.8. The van der Waals surface area contributed by atoms with Gasteiger partial charge in [0.2, 0.25) is 5.91 Å². The molecule has 1 heterocycles. The highest BCUT2D eigenvalue weighted by Gasteiger charge is 2.25. The van der Waals surface area contributed by atoms with E-state index in [9.17, 15) is 4.79 Å². The van der Waals surface area contributed by atoms with Crippen molar-refractivity contribution in [1.29, 1.82) is 0 Å². The Morgan fingerprint density at radius 3 is 2.53 bits per heavy atom. The van der Waals surface area contributed by atoms with Gasteiger partial charge < -0.3 is 15.0 Å². The first-order chi connectivity index (χ1) is 14.5. The molecule has 1 aliphatic rings. The topological polar surface area (TPSA) is 44.8 Å². The molecule has 6 heteroatoms. The van der Waals surface area contributed by atoms with Crippen LogP contribution in [0.2, 0.25) is 0 Å². The van der Waals surface area contributed by atoms with E-state index in [0.29, 0.717) is 6.54 Å². The van der Waals surface area contributed by atoms with Crippen molar-refractivity contribution in [2.45, 2.75) is 37.8 Å². The van der Waals surface area contributed by atoms with Crippen LogP contribution in [-0.2, 0) is 17.8 Å². The van der Waals surface area contributed by atoms with Crippen LogP contribution >= 0.6 is 11.8 Å². The van der Waals surface area contributed by atoms with Crippen molar-refractivity contribution in [2.24, 2.45) is 0 Å². The summed E-state index contributed by atoms with van der Waals surface area (Å²) in [6, 6.07) is 14.9. The lowest BCUT2D eigenvalue weighted by atomic mass is 10.1. The minimum Gasteiger partial charge on any atom is -0.457 e. The Hall–Kier alpha value is -2.02. The number of hydrogen-bond donors (Lipinski definition) is 1. The highest BCUT2D eigenvalue weighted by Crippen LogP contribution is 2.28. The van der Waals surface area contributed by atoms with Gasteiger partial charge in [-0.25, -0.2) is 0 Å². The van der Waals surface area contributed by atoms with Crippen molar-refractivity contribution in [3.8, 4) is 11.5 Å². The van der Waals surface area contributed by atoms with E-state index in [1.807, 2.05) is 24.1 Å². The summed E-state index contributed by atoms with van der Waals surface area (Å²) in [5, 5.41) is 3.24. The second-order valence-corrected chi connectivity index (χ2v) is 8.84. The standard InChI is InChI=1S/C24H33N3O2S/c1-18(2)27-14-13-26(17-24(27)28)12-11-19-5-10-23(20(15-19)16-25-3)29-21-6-8-22(30-4)9-7-21/h5-10,15,18,25H,11-14,16-17H2,1-4H3. The molecule has 1 amide bonds. The van der Waals surface area contributed by atoms with E-state index in [4.69, 9.17) is 4.74 Å². The van der Waals surface area contributed by atoms with Crippen molar-refractivity contribution >= 4 is 17.7 Å². The molecule has 0 atom stereocenters. The van der Waals surface area contributed by atoms with Crippen molar-refractivity contribution in [2.75, 3.05) is 39.5 Å². The van der Waals surface area contributed by atoms with Gasteiger partial charge in [0.05, 0.1) is 6.54 Å². The highest BCUT2D eigenvalue weighted by molar-refractivity contribution is 7.98. The second-order valence-electron chi connectivity index (χ2n) is 7.96. The van der Waals surface area contributed by atoms with E-state index >= 15 is 0 Å². The summed E-state index contributed by atoms with van der Waals surface area (Å²) in [7, 11) is 1.95. The van der Waals surface area contributed by atoms with Gasteiger partial charge in [0, 0.05) is 42.7 Å². The molecule has 0 aliphatic carbocycles. The number of amides is 1. The highest BCUT2D eigenvalue weighted by atomic mass is 32.2. The van der Waals surface area contributed by atoms with Crippen LogP contribution in [0.4, 0.5) is 0 Å². The molecule has 0 unspecified atom stereocenters. The Labute approximate surface area is 184 Å². The zero-order valence-electron chi connectivity index (χ0n) is 18.5. The molecule has 5 nitrogen and oxygen atoms in total. The molecule has 0 aromatic heterocycles. The zero-order valence-corrected chi connectivity index (χ0v) is 19.3. The van der Waals surface area contributed by atoms with Gasteiger partial charge in [-0.15, -0.1) is 11.8 Å². The molecular weight excluding hydrogens is 394 g/mol. The number of piperazine rings is 1. The van der Waals surface area contributed by atoms with Gasteiger partial charge >= 0.3 is 0 Å². The smallest absolute Gasteiger partial charge is 0.237 e. The van der Waals surface area contributed by atoms with E-state index in [2.05, 4.69) is 60.7 Å². The lowest BCUT2D eigenvalue weighted by Crippen LogP contribution is -2.52. The summed E-state index contributed by atoms with van der Waals surface area (Å²) < 4.78 is 6.15. The molecule has 0 spiro atoms. The van der Waals surface area contributed by atoms with Crippen LogP contribution in [-0.4, -0.2) is 61.2 Å². The maximum Gasteiger partial charge on any atom is 0.237 e. The largest absolute Gasteiger partial charge is 0.457 e. The molecule has 0 radical (unpaired) electrons. The third-order valence-electron chi connectivity index (χ3n) is 5.46. The predicted molar refractivity (Wildman–Crippen MR) is 124 cm³/mol. The quantitative estimate of drug-likeness (QED) is 0.613. The molecule has 1 saturated heterocycles. The lowest BCUT2D eigenvalue weighted by Gasteiger charge is -2.36. The van der Waals surface area contributed by atoms with Crippen LogP contribution in [0.1, 0.15) is 25.0 Å². The Balaban J connectivity index is 1.62. The number of carbonyl (C=O) groups excluding carboxylic acids is 1. The van der Waals surface area contributed by atoms with Crippen molar-refractivity contribution < 1.29 is 9.53 Å². The number of carbonyl (C=O) groups is 1. The van der Waals surface area contributed by atoms with Crippen molar-refractivity contribution in [3.05, 3.63) is 53.6 Å². The van der Waals surface area contributed by atoms with E-state index in [1.54, 1.807) is 11.8 Å². The summed E-state index contributed by atoms with van der Waals surface area (Å²) in [5.74, 6) is 1.97. The van der Waals surface area contributed by atoms with E-state index in [1.165, 1.54) is 10.5 Å². The fourth-order valence-corrected chi connectivity index (χ4v) is 4.15. The summed E-state index contributed by atoms with van der Waals surface area (Å²) in [6.07, 6.45) is 2.99. The van der Waals surface area contributed by atoms with Gasteiger partial charge in [-0.2, -0.15) is 0 Å². The van der Waals surface area contributed by atoms with Crippen LogP contribution in [0.5, 0.6) is 11.5 Å². The predicted octanol–water partition coefficient (Wildman–Crippen LogP) is 4.02. The lowest BCUT2D eigenvalue weighted by molar-refractivity contribution is -0.137. The fourth-order valence-electron chi connectivity index (χ4n) is 3.75. The van der Waals surface area contributed by atoms with Crippen LogP contribution in [0.25, 0.3) is 0 Å². The maximum absolute atomic E-state index is 12.3. The minimum atomic E-state index is 0.239. The molecule has 3 rings (SSSR count). The monoisotopic (exact) mass is 427 g/mol. The van der Waals surface area contributed by atoms with Gasteiger partial charge in [0.1, 0.15) is 11.5 Å². The van der Waals surface area contributed by atoms with Crippen molar-refractivity contribution in [1.82, 2.24) is 15.1 Å². The minimum absolute atomic E-state index is 0.239. The molecule has 2 aromatic carbocycles. The number of benzene rings is 2. The first-order valence-electron chi connectivity index (χ1n) is 10.6. The molecule has 162 valence electrons. The normalized spacial score (nSPS) is 15.1. The molecule has 0 bridgehead atoms. The molecule has 1 N–H and O–H groups in total. The first-order valence-corrected chi connectivity index (χ1v) is 11.8. The van der Waals surface area contributed by atoms with Gasteiger partial charge in [-0.3, -0.25) is 9.69 Å². The third kappa shape index (κ3) is 6.00. The summed E-state index contributed by atoms with van der Waals surface area (Å²) in [6.45, 7) is 8.10. The summed E-state index contributed by atoms with van der Waals surface area (Å²) >= 11 is 1.72. The number of rotatable bonds is 9. The van der Waals surface area contributed by atoms with Crippen LogP contribution < -0.4 is 10.1 Å². The maximum atomic E-state index is 12.3. The summed E-state index contributed by atoms with van der Waals surface area (Å²) in [4.78, 5) is 17.8. The van der Waals surface area contributed by atoms with Gasteiger partial charge in [-0.05, 0) is 69.5 Å². The Morgan fingerprint density at radius 2 is 1.90 bits per heavy atom. The number of nitrogens with one attached hydrogen (secondary N) is 1. The average Bonchev–Trinajstić information content (AvgIpc) is 2.74. The van der Waals surface area contributed by atoms with Crippen LogP contribution in [0.15, 0.2) is 47.4 Å². The molecule has 1 aliphatic heterocycles. The Kier molecular flexibility index (Phi) is 8.19. The third-order valence-corrected chi connectivity index (χ3v) is 6.20. The van der Waals surface area contributed by atoms with Gasteiger partial charge in [0.25, 0.3) is 0 Å². The molecule has 30 heavy (non-hydrogen) atoms. The van der Waals surface area contributed by atoms with Gasteiger partial charge in [-0.1, -0.05) is 12.1 Å². The van der Waals surface area contributed by atoms with Gasteiger partial charge in [0.15, 0.2) is 0 Å². The van der Waals surface area contributed by atoms with E-state index < -0.39 is 0 Å². The molecule has 0 saturated carbocycles. The first kappa shape index (κ1) is 22.7. The number of thioether (sulfide) groups is 1. The average molecular weight is 428 g/mol. The Bertz CT molecular complexity index is 839. The SMILES string of the molecule is CNCc1cc(CCN2CCN(C(C)C)C(=O)C2)ccc1Oc1ccc(SC)cc1. The zero-order chi connectivity index (χ0) is 21.5. The Morgan fingerprint density at radius 1 is 1.13 bits per heavy atom. The van der Waals surface area contributed by atoms with Crippen molar-refractivity contribution in [3.63, 3.8) is 0 Å². The van der Waals surface area contributed by atoms with Crippen LogP contribution in [0, 0.1) is 0 Å². The molecule has 1 fully saturated rings. The fraction of sp³-hybridized carbons (Fsp3) is 0.458. The molecular formula is C24H33N3O2S.